The van der Waals surface area contributed by atoms with Crippen molar-refractivity contribution in [2.75, 3.05) is 0 Å². The van der Waals surface area contributed by atoms with E-state index < -0.39 is 4.92 Å². The highest BCUT2D eigenvalue weighted by Gasteiger charge is 2.34. The Labute approximate surface area is 140 Å². The normalized spacial score (nSPS) is 16.1. The molecule has 0 bridgehead atoms. The minimum absolute atomic E-state index is 0.0556. The number of ether oxygens (including phenoxy) is 1. The number of rotatable bonds is 1. The Bertz CT molecular complexity index is 849. The lowest BCUT2D eigenvalue weighted by atomic mass is 9.87. The molecule has 0 N–H and O–H groups in total. The van der Waals surface area contributed by atoms with Crippen molar-refractivity contribution in [1.29, 1.82) is 0 Å². The molecule has 6 heteroatoms. The van der Waals surface area contributed by atoms with Gasteiger partial charge in [0.1, 0.15) is 6.10 Å². The van der Waals surface area contributed by atoms with E-state index in [9.17, 15) is 10.1 Å². The lowest BCUT2D eigenvalue weighted by Gasteiger charge is -2.18. The van der Waals surface area contributed by atoms with E-state index >= 15 is 0 Å². The van der Waals surface area contributed by atoms with Crippen molar-refractivity contribution >= 4 is 5.82 Å². The second-order valence-electron chi connectivity index (χ2n) is 6.94. The van der Waals surface area contributed by atoms with Crippen LogP contribution in [0.4, 0.5) is 5.82 Å². The van der Waals surface area contributed by atoms with Gasteiger partial charge in [-0.2, -0.15) is 0 Å². The number of fused-ring (bicyclic) bond motifs is 1. The molecule has 24 heavy (non-hydrogen) atoms. The molecule has 6 nitrogen and oxygen atoms in total. The zero-order valence-corrected chi connectivity index (χ0v) is 14.2. The summed E-state index contributed by atoms with van der Waals surface area (Å²) in [6.45, 7) is 8.85. The fraction of sp³-hybridized carbons (Fsp3) is 0.389. The van der Waals surface area contributed by atoms with Crippen LogP contribution in [0, 0.1) is 22.0 Å². The second kappa shape index (κ2) is 5.68. The Morgan fingerprint density at radius 2 is 1.96 bits per heavy atom. The summed E-state index contributed by atoms with van der Waals surface area (Å²) in [6, 6.07) is 8.19. The van der Waals surface area contributed by atoms with Crippen LogP contribution in [0.25, 0.3) is 0 Å². The molecule has 0 saturated heterocycles. The number of benzene rings is 1. The van der Waals surface area contributed by atoms with Gasteiger partial charge >= 0.3 is 11.8 Å². The predicted molar refractivity (Wildman–Crippen MR) is 90.1 cm³/mol. The van der Waals surface area contributed by atoms with E-state index in [0.717, 1.165) is 5.56 Å². The van der Waals surface area contributed by atoms with Crippen LogP contribution in [-0.2, 0) is 12.0 Å². The van der Waals surface area contributed by atoms with Crippen molar-refractivity contribution < 1.29 is 9.66 Å². The molecule has 0 amide bonds. The number of imidazole rings is 1. The Morgan fingerprint density at radius 3 is 2.54 bits per heavy atom. The highest BCUT2D eigenvalue weighted by atomic mass is 16.6. The van der Waals surface area contributed by atoms with Crippen LogP contribution in [0.15, 0.2) is 24.3 Å². The lowest BCUT2D eigenvalue weighted by Crippen LogP contribution is -2.10. The standard InChI is InChI=1S/C18H19N3O3/c1-12-11-20-15(16(21(22)23)19-17(20)24-12)10-7-13-5-8-14(9-6-13)18(2,3)4/h5-6,8-9,12H,11H2,1-4H3. The highest BCUT2D eigenvalue weighted by molar-refractivity contribution is 5.50. The molecule has 1 unspecified atom stereocenters. The third kappa shape index (κ3) is 2.98. The molecule has 0 radical (unpaired) electrons. The molecule has 0 spiro atoms. The van der Waals surface area contributed by atoms with Crippen molar-refractivity contribution in [2.24, 2.45) is 0 Å². The van der Waals surface area contributed by atoms with Crippen LogP contribution in [0.3, 0.4) is 0 Å². The van der Waals surface area contributed by atoms with Gasteiger partial charge in [-0.15, -0.1) is 0 Å². The molecule has 1 aromatic carbocycles. The molecule has 124 valence electrons. The molecule has 2 heterocycles. The van der Waals surface area contributed by atoms with Gasteiger partial charge in [0.15, 0.2) is 5.69 Å². The third-order valence-electron chi connectivity index (χ3n) is 3.91. The fourth-order valence-electron chi connectivity index (χ4n) is 2.59. The summed E-state index contributed by atoms with van der Waals surface area (Å²) in [7, 11) is 0. The van der Waals surface area contributed by atoms with Gasteiger partial charge in [0, 0.05) is 10.5 Å². The molecule has 2 aromatic rings. The predicted octanol–water partition coefficient (Wildman–Crippen LogP) is 3.27. The maximum absolute atomic E-state index is 11.2. The van der Waals surface area contributed by atoms with Crippen molar-refractivity contribution in [3.63, 3.8) is 0 Å². The summed E-state index contributed by atoms with van der Waals surface area (Å²) >= 11 is 0. The van der Waals surface area contributed by atoms with Gasteiger partial charge in [0.25, 0.3) is 0 Å². The van der Waals surface area contributed by atoms with Crippen LogP contribution in [0.1, 0.15) is 44.5 Å². The van der Waals surface area contributed by atoms with E-state index in [4.69, 9.17) is 4.74 Å². The minimum Gasteiger partial charge on any atom is -0.441 e. The van der Waals surface area contributed by atoms with Crippen molar-refractivity contribution in [3.8, 4) is 17.9 Å². The second-order valence-corrected chi connectivity index (χ2v) is 6.94. The van der Waals surface area contributed by atoms with E-state index in [1.54, 1.807) is 4.57 Å². The van der Waals surface area contributed by atoms with Gasteiger partial charge in [-0.05, 0) is 40.9 Å². The van der Waals surface area contributed by atoms with Crippen LogP contribution in [-0.4, -0.2) is 20.6 Å². The smallest absolute Gasteiger partial charge is 0.415 e. The van der Waals surface area contributed by atoms with Crippen molar-refractivity contribution in [3.05, 3.63) is 51.2 Å². The molecular formula is C18H19N3O3. The number of aromatic nitrogens is 2. The van der Waals surface area contributed by atoms with Crippen molar-refractivity contribution in [2.45, 2.75) is 45.8 Å². The quantitative estimate of drug-likeness (QED) is 0.458. The third-order valence-corrected chi connectivity index (χ3v) is 3.91. The number of nitro groups is 1. The highest BCUT2D eigenvalue weighted by Crippen LogP contribution is 2.29. The average molecular weight is 325 g/mol. The first-order chi connectivity index (χ1) is 11.3. The van der Waals surface area contributed by atoms with Gasteiger partial charge in [-0.3, -0.25) is 4.57 Å². The summed E-state index contributed by atoms with van der Waals surface area (Å²) in [5.41, 5.74) is 2.38. The largest absolute Gasteiger partial charge is 0.441 e. The molecule has 0 saturated carbocycles. The number of hydrogen-bond donors (Lipinski definition) is 0. The Balaban J connectivity index is 1.95. The summed E-state index contributed by atoms with van der Waals surface area (Å²) in [5.74, 6) is 5.64. The van der Waals surface area contributed by atoms with Crippen LogP contribution >= 0.6 is 0 Å². The molecule has 1 aromatic heterocycles. The van der Waals surface area contributed by atoms with Crippen LogP contribution in [0.2, 0.25) is 0 Å². The van der Waals surface area contributed by atoms with E-state index in [0.29, 0.717) is 12.2 Å². The van der Waals surface area contributed by atoms with E-state index in [2.05, 4.69) is 37.6 Å². The summed E-state index contributed by atoms with van der Waals surface area (Å²) < 4.78 is 7.13. The van der Waals surface area contributed by atoms with Crippen LogP contribution < -0.4 is 4.74 Å². The van der Waals surface area contributed by atoms with Gasteiger partial charge in [-0.1, -0.05) is 38.8 Å². The molecule has 0 aliphatic carbocycles. The Hall–Kier alpha value is -2.81. The van der Waals surface area contributed by atoms with Gasteiger partial charge in [0.05, 0.1) is 6.54 Å². The number of hydrogen-bond acceptors (Lipinski definition) is 4. The zero-order chi connectivity index (χ0) is 17.5. The summed E-state index contributed by atoms with van der Waals surface area (Å²) in [5, 5.41) is 11.2. The first-order valence-corrected chi connectivity index (χ1v) is 7.80. The zero-order valence-electron chi connectivity index (χ0n) is 14.2. The molecular weight excluding hydrogens is 306 g/mol. The average Bonchev–Trinajstić information content (AvgIpc) is 3.01. The van der Waals surface area contributed by atoms with Crippen LogP contribution in [0.5, 0.6) is 6.01 Å². The maximum Gasteiger partial charge on any atom is 0.415 e. The maximum atomic E-state index is 11.2. The van der Waals surface area contributed by atoms with Gasteiger partial charge < -0.3 is 14.9 Å². The first kappa shape index (κ1) is 16.1. The number of nitrogens with zero attached hydrogens (tertiary/aromatic N) is 3. The molecule has 3 rings (SSSR count). The van der Waals surface area contributed by atoms with Gasteiger partial charge in [-0.25, -0.2) is 0 Å². The fourth-order valence-corrected chi connectivity index (χ4v) is 2.59. The van der Waals surface area contributed by atoms with Crippen molar-refractivity contribution in [1.82, 2.24) is 9.55 Å². The Morgan fingerprint density at radius 1 is 1.29 bits per heavy atom. The van der Waals surface area contributed by atoms with Gasteiger partial charge in [0.2, 0.25) is 0 Å². The van der Waals surface area contributed by atoms with E-state index in [-0.39, 0.29) is 23.3 Å². The Kier molecular flexibility index (Phi) is 3.80. The minimum atomic E-state index is -0.522. The summed E-state index contributed by atoms with van der Waals surface area (Å²) in [4.78, 5) is 14.6. The monoisotopic (exact) mass is 325 g/mol. The van der Waals surface area contributed by atoms with E-state index in [1.165, 1.54) is 5.56 Å². The topological polar surface area (TPSA) is 70.2 Å². The molecule has 1 atom stereocenters. The lowest BCUT2D eigenvalue weighted by molar-refractivity contribution is -0.389. The molecule has 0 fully saturated rings. The van der Waals surface area contributed by atoms with E-state index in [1.807, 2.05) is 31.2 Å². The first-order valence-electron chi connectivity index (χ1n) is 7.80. The summed E-state index contributed by atoms with van der Waals surface area (Å²) in [6.07, 6.45) is -0.0556. The SMILES string of the molecule is CC1Cn2c(nc([N+](=O)[O-])c2C#Cc2ccc(C(C)(C)C)cc2)O1. The molecule has 1 aliphatic rings. The molecule has 1 aliphatic heterocycles.